The Morgan fingerprint density at radius 2 is 1.92 bits per heavy atom. The summed E-state index contributed by atoms with van der Waals surface area (Å²) < 4.78 is 0. The van der Waals surface area contributed by atoms with Crippen LogP contribution in [0.4, 0.5) is 0 Å². The third kappa shape index (κ3) is 4.73. The summed E-state index contributed by atoms with van der Waals surface area (Å²) in [6.07, 6.45) is 1.23. The Bertz CT molecular complexity index is 102. The molecule has 0 radical (unpaired) electrons. The molecule has 0 aliphatic heterocycles. The molecule has 0 aliphatic rings. The predicted octanol–water partition coefficient (Wildman–Crippen LogP) is 1.57. The van der Waals surface area contributed by atoms with Crippen LogP contribution in [0.3, 0.4) is 0 Å². The number of rotatable bonds is 6. The van der Waals surface area contributed by atoms with Gasteiger partial charge in [-0.3, -0.25) is 0 Å². The average Bonchev–Trinajstić information content (AvgIpc) is 1.98. The first-order chi connectivity index (χ1) is 5.61. The number of likely N-dealkylation sites (N-methyl/N-ethyl adjacent to an activating group) is 2. The van der Waals surface area contributed by atoms with E-state index in [0.29, 0.717) is 6.04 Å². The van der Waals surface area contributed by atoms with Gasteiger partial charge in [0, 0.05) is 19.1 Å². The maximum Gasteiger partial charge on any atom is 0.0214 e. The fourth-order valence-electron chi connectivity index (χ4n) is 1.57. The van der Waals surface area contributed by atoms with E-state index in [1.807, 2.05) is 7.05 Å². The van der Waals surface area contributed by atoms with Crippen molar-refractivity contribution in [3.63, 3.8) is 0 Å². The molecule has 0 saturated heterocycles. The van der Waals surface area contributed by atoms with Crippen LogP contribution in [0.5, 0.6) is 0 Å². The van der Waals surface area contributed by atoms with Gasteiger partial charge in [-0.05, 0) is 26.4 Å². The standard InChI is InChI=1S/C10H24N2/c1-6-10(7-11-4)12(5)8-9(2)3/h9-11H,6-8H2,1-5H3. The highest BCUT2D eigenvalue weighted by molar-refractivity contribution is 4.69. The van der Waals surface area contributed by atoms with E-state index in [1.54, 1.807) is 0 Å². The summed E-state index contributed by atoms with van der Waals surface area (Å²) in [4.78, 5) is 2.45. The Labute approximate surface area is 77.3 Å². The molecule has 0 rings (SSSR count). The van der Waals surface area contributed by atoms with Crippen molar-refractivity contribution in [2.45, 2.75) is 33.2 Å². The fraction of sp³-hybridized carbons (Fsp3) is 1.00. The molecular weight excluding hydrogens is 148 g/mol. The van der Waals surface area contributed by atoms with Gasteiger partial charge in [0.15, 0.2) is 0 Å². The molecule has 2 nitrogen and oxygen atoms in total. The molecule has 2 heteroatoms. The van der Waals surface area contributed by atoms with Crippen molar-refractivity contribution in [1.82, 2.24) is 10.2 Å². The minimum absolute atomic E-state index is 0.692. The lowest BCUT2D eigenvalue weighted by atomic mass is 10.1. The number of nitrogens with zero attached hydrogens (tertiary/aromatic N) is 1. The molecule has 0 amide bonds. The van der Waals surface area contributed by atoms with E-state index in [1.165, 1.54) is 13.0 Å². The fourth-order valence-corrected chi connectivity index (χ4v) is 1.57. The van der Waals surface area contributed by atoms with E-state index in [9.17, 15) is 0 Å². The maximum atomic E-state index is 3.23. The molecule has 0 aromatic carbocycles. The van der Waals surface area contributed by atoms with Crippen LogP contribution in [0.1, 0.15) is 27.2 Å². The molecule has 0 aromatic rings. The SMILES string of the molecule is CCC(CNC)N(C)CC(C)C. The summed E-state index contributed by atoms with van der Waals surface area (Å²) in [5, 5.41) is 3.23. The highest BCUT2D eigenvalue weighted by atomic mass is 15.1. The topological polar surface area (TPSA) is 15.3 Å². The van der Waals surface area contributed by atoms with Crippen LogP contribution in [0.2, 0.25) is 0 Å². The predicted molar refractivity (Wildman–Crippen MR) is 55.5 cm³/mol. The molecule has 0 aromatic heterocycles. The third-order valence-corrected chi connectivity index (χ3v) is 2.19. The van der Waals surface area contributed by atoms with Crippen LogP contribution >= 0.6 is 0 Å². The zero-order valence-electron chi connectivity index (χ0n) is 9.22. The summed E-state index contributed by atoms with van der Waals surface area (Å²) in [7, 11) is 4.23. The Kier molecular flexibility index (Phi) is 6.39. The largest absolute Gasteiger partial charge is 0.318 e. The Morgan fingerprint density at radius 3 is 2.25 bits per heavy atom. The zero-order chi connectivity index (χ0) is 9.56. The van der Waals surface area contributed by atoms with Crippen LogP contribution in [0.25, 0.3) is 0 Å². The van der Waals surface area contributed by atoms with E-state index in [2.05, 4.69) is 38.0 Å². The zero-order valence-corrected chi connectivity index (χ0v) is 9.22. The van der Waals surface area contributed by atoms with Gasteiger partial charge in [-0.25, -0.2) is 0 Å². The average molecular weight is 172 g/mol. The number of nitrogens with one attached hydrogen (secondary N) is 1. The Balaban J connectivity index is 3.76. The Morgan fingerprint density at radius 1 is 1.33 bits per heavy atom. The maximum absolute atomic E-state index is 3.23. The van der Waals surface area contributed by atoms with Crippen molar-refractivity contribution in [1.29, 1.82) is 0 Å². The van der Waals surface area contributed by atoms with E-state index >= 15 is 0 Å². The Hall–Kier alpha value is -0.0800. The molecule has 0 bridgehead atoms. The second-order valence-corrected chi connectivity index (χ2v) is 3.95. The van der Waals surface area contributed by atoms with Gasteiger partial charge in [0.1, 0.15) is 0 Å². The van der Waals surface area contributed by atoms with E-state index in [0.717, 1.165) is 12.5 Å². The van der Waals surface area contributed by atoms with Crippen molar-refractivity contribution in [2.75, 3.05) is 27.2 Å². The van der Waals surface area contributed by atoms with Gasteiger partial charge >= 0.3 is 0 Å². The van der Waals surface area contributed by atoms with Gasteiger partial charge in [-0.15, -0.1) is 0 Å². The lowest BCUT2D eigenvalue weighted by Crippen LogP contribution is -2.40. The van der Waals surface area contributed by atoms with Gasteiger partial charge in [0.25, 0.3) is 0 Å². The highest BCUT2D eigenvalue weighted by Crippen LogP contribution is 2.04. The first kappa shape index (κ1) is 11.9. The summed E-state index contributed by atoms with van der Waals surface area (Å²) in [5.41, 5.74) is 0. The van der Waals surface area contributed by atoms with Gasteiger partial charge < -0.3 is 10.2 Å². The molecule has 74 valence electrons. The molecule has 0 aliphatic carbocycles. The lowest BCUT2D eigenvalue weighted by Gasteiger charge is -2.28. The van der Waals surface area contributed by atoms with Crippen LogP contribution in [-0.2, 0) is 0 Å². The summed E-state index contributed by atoms with van der Waals surface area (Å²) in [5.74, 6) is 0.765. The van der Waals surface area contributed by atoms with Crippen molar-refractivity contribution in [3.8, 4) is 0 Å². The minimum Gasteiger partial charge on any atom is -0.318 e. The van der Waals surface area contributed by atoms with Crippen LogP contribution in [0.15, 0.2) is 0 Å². The van der Waals surface area contributed by atoms with Crippen LogP contribution < -0.4 is 5.32 Å². The highest BCUT2D eigenvalue weighted by Gasteiger charge is 2.11. The van der Waals surface area contributed by atoms with Gasteiger partial charge in [-0.1, -0.05) is 20.8 Å². The number of hydrogen-bond donors (Lipinski definition) is 1. The number of hydrogen-bond acceptors (Lipinski definition) is 2. The molecule has 0 saturated carbocycles. The monoisotopic (exact) mass is 172 g/mol. The molecule has 0 fully saturated rings. The van der Waals surface area contributed by atoms with E-state index in [4.69, 9.17) is 0 Å². The van der Waals surface area contributed by atoms with Gasteiger partial charge in [0.2, 0.25) is 0 Å². The van der Waals surface area contributed by atoms with E-state index in [-0.39, 0.29) is 0 Å². The smallest absolute Gasteiger partial charge is 0.0214 e. The van der Waals surface area contributed by atoms with Crippen LogP contribution in [0, 0.1) is 5.92 Å². The first-order valence-corrected chi connectivity index (χ1v) is 4.96. The summed E-state index contributed by atoms with van der Waals surface area (Å²) in [6.45, 7) is 9.07. The normalized spacial score (nSPS) is 14.2. The molecular formula is C10H24N2. The summed E-state index contributed by atoms with van der Waals surface area (Å²) >= 11 is 0. The third-order valence-electron chi connectivity index (χ3n) is 2.19. The molecule has 1 atom stereocenters. The molecule has 0 heterocycles. The van der Waals surface area contributed by atoms with Crippen molar-refractivity contribution in [2.24, 2.45) is 5.92 Å². The van der Waals surface area contributed by atoms with Gasteiger partial charge in [0.05, 0.1) is 0 Å². The molecule has 0 spiro atoms. The van der Waals surface area contributed by atoms with Crippen molar-refractivity contribution >= 4 is 0 Å². The van der Waals surface area contributed by atoms with E-state index < -0.39 is 0 Å². The quantitative estimate of drug-likeness (QED) is 0.654. The van der Waals surface area contributed by atoms with Gasteiger partial charge in [-0.2, -0.15) is 0 Å². The van der Waals surface area contributed by atoms with Crippen molar-refractivity contribution in [3.05, 3.63) is 0 Å². The summed E-state index contributed by atoms with van der Waals surface area (Å²) in [6, 6.07) is 0.692. The molecule has 1 N–H and O–H groups in total. The van der Waals surface area contributed by atoms with Crippen molar-refractivity contribution < 1.29 is 0 Å². The molecule has 12 heavy (non-hydrogen) atoms. The second kappa shape index (κ2) is 6.44. The first-order valence-electron chi connectivity index (χ1n) is 4.96. The minimum atomic E-state index is 0.692. The second-order valence-electron chi connectivity index (χ2n) is 3.95. The van der Waals surface area contributed by atoms with Crippen LogP contribution in [-0.4, -0.2) is 38.1 Å². The lowest BCUT2D eigenvalue weighted by molar-refractivity contribution is 0.209. The molecule has 1 unspecified atom stereocenters.